The molecule has 2 heterocycles. The topological polar surface area (TPSA) is 12.0 Å². The molecule has 2 unspecified atom stereocenters. The molecule has 1 aromatic rings. The molecule has 1 nitrogen and oxygen atoms in total. The average Bonchev–Trinajstić information content (AvgIpc) is 2.65. The van der Waals surface area contributed by atoms with Gasteiger partial charge in [-0.1, -0.05) is 18.0 Å². The Morgan fingerprint density at radius 1 is 1.53 bits per heavy atom. The van der Waals surface area contributed by atoms with Crippen LogP contribution in [0.15, 0.2) is 12.1 Å². The Morgan fingerprint density at radius 2 is 2.40 bits per heavy atom. The number of nitrogens with one attached hydrogen (secondary N) is 1. The molecular weight excluding hydrogens is 233 g/mol. The Labute approximate surface area is 98.6 Å². The third-order valence-electron chi connectivity index (χ3n) is 2.81. The van der Waals surface area contributed by atoms with Gasteiger partial charge in [0.1, 0.15) is 6.17 Å². The number of halogens is 2. The zero-order chi connectivity index (χ0) is 10.7. The van der Waals surface area contributed by atoms with Crippen molar-refractivity contribution in [1.82, 2.24) is 5.32 Å². The Bertz CT molecular complexity index is 309. The summed E-state index contributed by atoms with van der Waals surface area (Å²) in [5, 5.41) is 3.24. The van der Waals surface area contributed by atoms with E-state index >= 15 is 0 Å². The number of thiophene rings is 1. The molecule has 1 aliphatic heterocycles. The molecule has 2 rings (SSSR count). The highest BCUT2D eigenvalue weighted by atomic mass is 35.5. The first-order chi connectivity index (χ1) is 7.25. The summed E-state index contributed by atoms with van der Waals surface area (Å²) in [6.45, 7) is 0.955. The number of rotatable bonds is 3. The lowest BCUT2D eigenvalue weighted by atomic mass is 9.98. The van der Waals surface area contributed by atoms with Gasteiger partial charge in [-0.3, -0.25) is 0 Å². The van der Waals surface area contributed by atoms with Crippen molar-refractivity contribution in [2.24, 2.45) is 0 Å². The Hall–Kier alpha value is -0.120. The minimum Gasteiger partial charge on any atom is -0.311 e. The van der Waals surface area contributed by atoms with Gasteiger partial charge in [0, 0.05) is 17.3 Å². The third kappa shape index (κ3) is 3.16. The fraction of sp³-hybridized carbons (Fsp3) is 0.636. The summed E-state index contributed by atoms with van der Waals surface area (Å²) in [4.78, 5) is 1.04. The summed E-state index contributed by atoms with van der Waals surface area (Å²) in [6, 6.07) is 3.80. The van der Waals surface area contributed by atoms with Gasteiger partial charge in [-0.15, -0.1) is 11.3 Å². The molecule has 15 heavy (non-hydrogen) atoms. The normalized spacial score (nSPS) is 24.0. The molecule has 0 aromatic carbocycles. The van der Waals surface area contributed by atoms with Crippen LogP contribution < -0.4 is 5.32 Å². The van der Waals surface area contributed by atoms with Crippen molar-refractivity contribution in [2.75, 3.05) is 6.54 Å². The highest BCUT2D eigenvalue weighted by Crippen LogP contribution is 2.25. The second-order valence-corrected chi connectivity index (χ2v) is 5.78. The van der Waals surface area contributed by atoms with Crippen molar-refractivity contribution < 1.29 is 4.39 Å². The van der Waals surface area contributed by atoms with E-state index < -0.39 is 6.17 Å². The lowest BCUT2D eigenvalue weighted by Crippen LogP contribution is -2.41. The first-order valence-corrected chi connectivity index (χ1v) is 6.57. The molecule has 0 bridgehead atoms. The molecule has 84 valence electrons. The molecule has 2 atom stereocenters. The van der Waals surface area contributed by atoms with Crippen molar-refractivity contribution in [2.45, 2.75) is 37.9 Å². The highest BCUT2D eigenvalue weighted by Gasteiger charge is 2.23. The van der Waals surface area contributed by atoms with Gasteiger partial charge in [0.15, 0.2) is 0 Å². The lowest BCUT2D eigenvalue weighted by Gasteiger charge is -2.26. The van der Waals surface area contributed by atoms with Crippen LogP contribution >= 0.6 is 22.9 Å². The summed E-state index contributed by atoms with van der Waals surface area (Å²) in [5.74, 6) is 0. The van der Waals surface area contributed by atoms with Gasteiger partial charge in [0.25, 0.3) is 0 Å². The van der Waals surface area contributed by atoms with E-state index in [1.165, 1.54) is 17.8 Å². The fourth-order valence-corrected chi connectivity index (χ4v) is 3.11. The zero-order valence-electron chi connectivity index (χ0n) is 8.51. The first kappa shape index (κ1) is 11.4. The molecule has 1 aromatic heterocycles. The van der Waals surface area contributed by atoms with E-state index in [1.54, 1.807) is 0 Å². The summed E-state index contributed by atoms with van der Waals surface area (Å²) < 4.78 is 14.6. The maximum atomic E-state index is 13.9. The van der Waals surface area contributed by atoms with E-state index in [9.17, 15) is 4.39 Å². The summed E-state index contributed by atoms with van der Waals surface area (Å²) >= 11 is 7.29. The van der Waals surface area contributed by atoms with Crippen LogP contribution in [-0.2, 0) is 6.42 Å². The largest absolute Gasteiger partial charge is 0.311 e. The molecule has 0 aliphatic carbocycles. The monoisotopic (exact) mass is 247 g/mol. The second kappa shape index (κ2) is 5.28. The fourth-order valence-electron chi connectivity index (χ4n) is 1.98. The molecule has 4 heteroatoms. The van der Waals surface area contributed by atoms with Crippen molar-refractivity contribution in [1.29, 1.82) is 0 Å². The van der Waals surface area contributed by atoms with E-state index in [2.05, 4.69) is 5.32 Å². The minimum absolute atomic E-state index is 0.0413. The Balaban J connectivity index is 1.88. The van der Waals surface area contributed by atoms with Crippen molar-refractivity contribution in [3.8, 4) is 0 Å². The third-order valence-corrected chi connectivity index (χ3v) is 4.06. The van der Waals surface area contributed by atoms with E-state index in [0.29, 0.717) is 6.42 Å². The number of piperidine rings is 1. The number of hydrogen-bond donors (Lipinski definition) is 1. The number of alkyl halides is 1. The molecule has 1 saturated heterocycles. The molecule has 0 spiro atoms. The van der Waals surface area contributed by atoms with Gasteiger partial charge < -0.3 is 5.32 Å². The molecule has 0 amide bonds. The van der Waals surface area contributed by atoms with E-state index in [-0.39, 0.29) is 6.04 Å². The quantitative estimate of drug-likeness (QED) is 0.863. The van der Waals surface area contributed by atoms with Crippen LogP contribution in [-0.4, -0.2) is 18.8 Å². The summed E-state index contributed by atoms with van der Waals surface area (Å²) in [7, 11) is 0. The van der Waals surface area contributed by atoms with E-state index in [1.807, 2.05) is 12.1 Å². The van der Waals surface area contributed by atoms with Crippen LogP contribution in [0.2, 0.25) is 4.34 Å². The Kier molecular flexibility index (Phi) is 4.00. The number of hydrogen-bond acceptors (Lipinski definition) is 2. The Morgan fingerprint density at radius 3 is 3.00 bits per heavy atom. The van der Waals surface area contributed by atoms with Gasteiger partial charge in [-0.2, -0.15) is 0 Å². The maximum Gasteiger partial charge on any atom is 0.120 e. The van der Waals surface area contributed by atoms with Crippen LogP contribution in [0.4, 0.5) is 4.39 Å². The van der Waals surface area contributed by atoms with Crippen LogP contribution in [0.5, 0.6) is 0 Å². The zero-order valence-corrected chi connectivity index (χ0v) is 10.1. The lowest BCUT2D eigenvalue weighted by molar-refractivity contribution is 0.218. The smallest absolute Gasteiger partial charge is 0.120 e. The molecule has 1 N–H and O–H groups in total. The first-order valence-electron chi connectivity index (χ1n) is 5.37. The molecule has 0 radical (unpaired) electrons. The van der Waals surface area contributed by atoms with Gasteiger partial charge in [-0.25, -0.2) is 4.39 Å². The maximum absolute atomic E-state index is 13.9. The molecular formula is C11H15ClFNS. The standard InChI is InChI=1S/C11H15ClFNS/c12-11-5-4-8(15-11)7-9(13)10-3-1-2-6-14-10/h4-5,9-10,14H,1-3,6-7H2. The van der Waals surface area contributed by atoms with Gasteiger partial charge in [0.05, 0.1) is 4.34 Å². The molecule has 1 fully saturated rings. The summed E-state index contributed by atoms with van der Waals surface area (Å²) in [5.41, 5.74) is 0. The van der Waals surface area contributed by atoms with Crippen LogP contribution in [0, 0.1) is 0 Å². The van der Waals surface area contributed by atoms with E-state index in [0.717, 1.165) is 28.6 Å². The predicted octanol–water partition coefficient (Wildman–Crippen LogP) is 3.42. The van der Waals surface area contributed by atoms with Crippen LogP contribution in [0.3, 0.4) is 0 Å². The van der Waals surface area contributed by atoms with Crippen LogP contribution in [0.1, 0.15) is 24.1 Å². The van der Waals surface area contributed by atoms with Crippen LogP contribution in [0.25, 0.3) is 0 Å². The molecule has 1 aliphatic rings. The SMILES string of the molecule is FC(Cc1ccc(Cl)s1)C1CCCCN1. The highest BCUT2D eigenvalue weighted by molar-refractivity contribution is 7.16. The van der Waals surface area contributed by atoms with E-state index in [4.69, 9.17) is 11.6 Å². The summed E-state index contributed by atoms with van der Waals surface area (Å²) in [6.07, 6.45) is 2.99. The average molecular weight is 248 g/mol. The molecule has 0 saturated carbocycles. The van der Waals surface area contributed by atoms with Gasteiger partial charge in [-0.05, 0) is 31.5 Å². The van der Waals surface area contributed by atoms with Crippen molar-refractivity contribution >= 4 is 22.9 Å². The van der Waals surface area contributed by atoms with Gasteiger partial charge >= 0.3 is 0 Å². The van der Waals surface area contributed by atoms with Gasteiger partial charge in [0.2, 0.25) is 0 Å². The predicted molar refractivity (Wildman–Crippen MR) is 63.6 cm³/mol. The van der Waals surface area contributed by atoms with Crippen molar-refractivity contribution in [3.05, 3.63) is 21.3 Å². The van der Waals surface area contributed by atoms with Crippen molar-refractivity contribution in [3.63, 3.8) is 0 Å². The second-order valence-electron chi connectivity index (χ2n) is 3.98. The minimum atomic E-state index is -0.778.